The van der Waals surface area contributed by atoms with Crippen LogP contribution < -0.4 is 0 Å². The number of carboxylic acids is 1. The Balaban J connectivity index is 2.79. The summed E-state index contributed by atoms with van der Waals surface area (Å²) in [6, 6.07) is 0. The van der Waals surface area contributed by atoms with E-state index in [1.807, 2.05) is 13.8 Å². The number of hydrogen-bond acceptors (Lipinski definition) is 3. The van der Waals surface area contributed by atoms with Crippen LogP contribution in [0.1, 0.15) is 46.0 Å². The van der Waals surface area contributed by atoms with Gasteiger partial charge in [-0.25, -0.2) is 4.79 Å². The summed E-state index contributed by atoms with van der Waals surface area (Å²) >= 11 is 0. The minimum Gasteiger partial charge on any atom is -0.479 e. The predicted octanol–water partition coefficient (Wildman–Crippen LogP) is 1.90. The number of ether oxygens (including phenoxy) is 1. The van der Waals surface area contributed by atoms with E-state index in [9.17, 15) is 14.7 Å². The highest BCUT2D eigenvalue weighted by Crippen LogP contribution is 2.34. The lowest BCUT2D eigenvalue weighted by Gasteiger charge is -2.35. The number of nitrogens with zero attached hydrogens (tertiary/aromatic N) is 1. The summed E-state index contributed by atoms with van der Waals surface area (Å²) in [5.74, 6) is -0.802. The first-order valence-electron chi connectivity index (χ1n) is 7.00. The monoisotopic (exact) mass is 271 g/mol. The first-order chi connectivity index (χ1) is 8.97. The van der Waals surface area contributed by atoms with Crippen LogP contribution in [0, 0.1) is 5.92 Å². The van der Waals surface area contributed by atoms with Gasteiger partial charge in [-0.2, -0.15) is 0 Å². The lowest BCUT2D eigenvalue weighted by Crippen LogP contribution is -2.53. The van der Waals surface area contributed by atoms with Crippen molar-refractivity contribution in [3.8, 4) is 0 Å². The number of likely N-dealkylation sites (tertiary alicyclic amines) is 1. The molecule has 0 aromatic carbocycles. The second kappa shape index (κ2) is 6.89. The van der Waals surface area contributed by atoms with Gasteiger partial charge in [0.25, 0.3) is 0 Å². The maximum atomic E-state index is 12.3. The Morgan fingerprint density at radius 3 is 2.68 bits per heavy atom. The number of hydrogen-bond donors (Lipinski definition) is 1. The first-order valence-corrected chi connectivity index (χ1v) is 7.00. The Morgan fingerprint density at radius 1 is 1.47 bits per heavy atom. The molecule has 110 valence electrons. The summed E-state index contributed by atoms with van der Waals surface area (Å²) in [6.45, 7) is 4.98. The van der Waals surface area contributed by atoms with Crippen molar-refractivity contribution in [3.05, 3.63) is 0 Å². The van der Waals surface area contributed by atoms with Gasteiger partial charge >= 0.3 is 5.97 Å². The van der Waals surface area contributed by atoms with Crippen LogP contribution >= 0.6 is 0 Å². The molecule has 0 saturated carbocycles. The molecule has 0 aromatic rings. The van der Waals surface area contributed by atoms with Crippen LogP contribution in [0.5, 0.6) is 0 Å². The molecule has 1 amide bonds. The third-order valence-electron chi connectivity index (χ3n) is 3.83. The van der Waals surface area contributed by atoms with Gasteiger partial charge in [-0.3, -0.25) is 4.79 Å². The van der Waals surface area contributed by atoms with Crippen LogP contribution in [0.2, 0.25) is 0 Å². The molecule has 1 fully saturated rings. The number of carboxylic acid groups (broad SMARTS) is 1. The zero-order valence-corrected chi connectivity index (χ0v) is 12.1. The fourth-order valence-corrected chi connectivity index (χ4v) is 3.00. The van der Waals surface area contributed by atoms with Gasteiger partial charge < -0.3 is 14.7 Å². The van der Waals surface area contributed by atoms with E-state index in [-0.39, 0.29) is 11.8 Å². The summed E-state index contributed by atoms with van der Waals surface area (Å²) in [6.07, 6.45) is 3.00. The van der Waals surface area contributed by atoms with E-state index in [0.717, 1.165) is 12.8 Å². The van der Waals surface area contributed by atoms with Gasteiger partial charge in [-0.1, -0.05) is 20.3 Å². The summed E-state index contributed by atoms with van der Waals surface area (Å²) in [7, 11) is 1.61. The van der Waals surface area contributed by atoms with Crippen molar-refractivity contribution in [2.24, 2.45) is 5.92 Å². The molecule has 0 aromatic heterocycles. The van der Waals surface area contributed by atoms with Gasteiger partial charge in [0, 0.05) is 26.7 Å². The molecule has 5 heteroatoms. The van der Waals surface area contributed by atoms with E-state index in [1.54, 1.807) is 12.0 Å². The molecule has 2 unspecified atom stereocenters. The van der Waals surface area contributed by atoms with Gasteiger partial charge in [0.1, 0.15) is 5.54 Å². The molecular formula is C14H25NO4. The molecule has 2 atom stereocenters. The molecule has 1 rings (SSSR count). The van der Waals surface area contributed by atoms with Crippen molar-refractivity contribution < 1.29 is 19.4 Å². The second-order valence-electron chi connectivity index (χ2n) is 5.50. The Hall–Kier alpha value is -1.10. The normalized spacial score (nSPS) is 24.5. The predicted molar refractivity (Wildman–Crippen MR) is 71.9 cm³/mol. The van der Waals surface area contributed by atoms with Crippen LogP contribution in [-0.4, -0.2) is 47.7 Å². The van der Waals surface area contributed by atoms with Crippen molar-refractivity contribution in [2.45, 2.75) is 51.5 Å². The molecule has 0 bridgehead atoms. The molecule has 5 nitrogen and oxygen atoms in total. The van der Waals surface area contributed by atoms with Crippen LogP contribution in [0.15, 0.2) is 0 Å². The summed E-state index contributed by atoms with van der Waals surface area (Å²) in [5, 5.41) is 9.53. The van der Waals surface area contributed by atoms with Crippen molar-refractivity contribution in [1.29, 1.82) is 0 Å². The highest BCUT2D eigenvalue weighted by molar-refractivity contribution is 5.87. The minimum atomic E-state index is -0.974. The Labute approximate surface area is 114 Å². The van der Waals surface area contributed by atoms with E-state index < -0.39 is 11.5 Å². The molecule has 1 saturated heterocycles. The molecule has 1 heterocycles. The Kier molecular flexibility index (Phi) is 5.79. The van der Waals surface area contributed by atoms with Gasteiger partial charge in [-0.15, -0.1) is 0 Å². The maximum Gasteiger partial charge on any atom is 0.329 e. The maximum absolute atomic E-state index is 12.3. The van der Waals surface area contributed by atoms with Crippen LogP contribution in [-0.2, 0) is 14.3 Å². The van der Waals surface area contributed by atoms with E-state index in [0.29, 0.717) is 32.4 Å². The number of carbonyl (C=O) groups excluding carboxylic acids is 1. The first kappa shape index (κ1) is 16.0. The molecular weight excluding hydrogens is 246 g/mol. The van der Waals surface area contributed by atoms with E-state index in [1.165, 1.54) is 0 Å². The summed E-state index contributed by atoms with van der Waals surface area (Å²) in [4.78, 5) is 25.5. The third-order valence-corrected chi connectivity index (χ3v) is 3.83. The molecule has 0 aliphatic carbocycles. The number of amides is 1. The van der Waals surface area contributed by atoms with Gasteiger partial charge in [0.15, 0.2) is 0 Å². The van der Waals surface area contributed by atoms with E-state index >= 15 is 0 Å². The fraction of sp³-hybridized carbons (Fsp3) is 0.857. The van der Waals surface area contributed by atoms with Gasteiger partial charge in [0.2, 0.25) is 5.91 Å². The molecule has 1 aliphatic rings. The second-order valence-corrected chi connectivity index (χ2v) is 5.50. The molecule has 0 radical (unpaired) electrons. The minimum absolute atomic E-state index is 0.0575. The SMILES string of the molecule is CCCC1(C(=O)O)CCCN1C(=O)CC(C)COC. The number of methoxy groups -OCH3 is 1. The number of aliphatic carboxylic acids is 1. The van der Waals surface area contributed by atoms with E-state index in [2.05, 4.69) is 0 Å². The standard InChI is InChI=1S/C14H25NO4/c1-4-6-14(13(17)18)7-5-8-15(14)12(16)9-11(2)10-19-3/h11H,4-10H2,1-3H3,(H,17,18). The largest absolute Gasteiger partial charge is 0.479 e. The van der Waals surface area contributed by atoms with Crippen LogP contribution in [0.25, 0.3) is 0 Å². The molecule has 1 aliphatic heterocycles. The van der Waals surface area contributed by atoms with Crippen molar-refractivity contribution >= 4 is 11.9 Å². The Morgan fingerprint density at radius 2 is 2.16 bits per heavy atom. The summed E-state index contributed by atoms with van der Waals surface area (Å²) in [5.41, 5.74) is -0.974. The molecule has 19 heavy (non-hydrogen) atoms. The zero-order valence-electron chi connectivity index (χ0n) is 12.1. The van der Waals surface area contributed by atoms with Gasteiger partial charge in [-0.05, 0) is 25.2 Å². The van der Waals surface area contributed by atoms with Gasteiger partial charge in [0.05, 0.1) is 0 Å². The highest BCUT2D eigenvalue weighted by atomic mass is 16.5. The summed E-state index contributed by atoms with van der Waals surface area (Å²) < 4.78 is 5.03. The molecule has 0 spiro atoms. The number of carbonyl (C=O) groups is 2. The smallest absolute Gasteiger partial charge is 0.329 e. The quantitative estimate of drug-likeness (QED) is 0.768. The zero-order chi connectivity index (χ0) is 14.5. The highest BCUT2D eigenvalue weighted by Gasteiger charge is 2.48. The lowest BCUT2D eigenvalue weighted by molar-refractivity contribution is -0.157. The fourth-order valence-electron chi connectivity index (χ4n) is 3.00. The van der Waals surface area contributed by atoms with Crippen molar-refractivity contribution in [1.82, 2.24) is 4.90 Å². The molecule has 1 N–H and O–H groups in total. The topological polar surface area (TPSA) is 66.8 Å². The average molecular weight is 271 g/mol. The van der Waals surface area contributed by atoms with Crippen molar-refractivity contribution in [3.63, 3.8) is 0 Å². The third kappa shape index (κ3) is 3.47. The number of rotatable bonds is 7. The lowest BCUT2D eigenvalue weighted by atomic mass is 9.90. The average Bonchev–Trinajstić information content (AvgIpc) is 2.74. The van der Waals surface area contributed by atoms with Crippen LogP contribution in [0.4, 0.5) is 0 Å². The Bertz CT molecular complexity index is 331. The van der Waals surface area contributed by atoms with E-state index in [4.69, 9.17) is 4.74 Å². The van der Waals surface area contributed by atoms with Crippen LogP contribution in [0.3, 0.4) is 0 Å². The van der Waals surface area contributed by atoms with Crippen molar-refractivity contribution in [2.75, 3.05) is 20.3 Å².